The van der Waals surface area contributed by atoms with Crippen LogP contribution in [0.25, 0.3) is 0 Å². The molecule has 14 nitrogen and oxygen atoms in total. The van der Waals surface area contributed by atoms with Crippen LogP contribution in [0.3, 0.4) is 0 Å². The van der Waals surface area contributed by atoms with E-state index in [-0.39, 0.29) is 18.2 Å². The molecule has 1 aliphatic rings. The Kier molecular flexibility index (Phi) is 9.31. The van der Waals surface area contributed by atoms with E-state index in [0.717, 1.165) is 16.7 Å². The van der Waals surface area contributed by atoms with Crippen molar-refractivity contribution in [2.24, 2.45) is 4.99 Å². The van der Waals surface area contributed by atoms with Crippen molar-refractivity contribution >= 4 is 23.9 Å². The number of aromatic hydroxyl groups is 1. The number of guanidine groups is 1. The number of aryl methyl sites for hydroxylation is 1. The molecule has 0 bridgehead atoms. The number of ether oxygens (including phenoxy) is 1. The van der Waals surface area contributed by atoms with Gasteiger partial charge in [-0.2, -0.15) is 0 Å². The van der Waals surface area contributed by atoms with Crippen LogP contribution in [0.15, 0.2) is 40.1 Å². The molecule has 36 heavy (non-hydrogen) atoms. The number of nitrogens with one attached hydrogen (secondary N) is 5. The van der Waals surface area contributed by atoms with Crippen molar-refractivity contribution in [1.82, 2.24) is 30.8 Å². The fourth-order valence-corrected chi connectivity index (χ4v) is 3.34. The number of nitrogens with zero attached hydrogens (tertiary/aromatic N) is 2. The fraction of sp³-hybridized carbons (Fsp3) is 0.409. The lowest BCUT2D eigenvalue weighted by atomic mass is 10.2. The molecule has 0 spiro atoms. The summed E-state index contributed by atoms with van der Waals surface area (Å²) in [6.07, 6.45) is -0.0198. The number of carboxylic acids is 1. The molecule has 1 aromatic carbocycles. The number of hydrogen-bond acceptors (Lipinski definition) is 9. The number of aliphatic carboxylic acids is 1. The minimum atomic E-state index is -1.46. The second-order valence-electron chi connectivity index (χ2n) is 7.91. The van der Waals surface area contributed by atoms with Crippen LogP contribution >= 0.6 is 0 Å². The normalized spacial score (nSPS) is 13.3. The van der Waals surface area contributed by atoms with Gasteiger partial charge in [-0.05, 0) is 18.4 Å². The van der Waals surface area contributed by atoms with E-state index in [1.54, 1.807) is 30.3 Å². The smallest absolute Gasteiger partial charge is 0.408 e. The van der Waals surface area contributed by atoms with Crippen molar-refractivity contribution in [2.45, 2.75) is 32.0 Å². The quantitative estimate of drug-likeness (QED) is 0.175. The van der Waals surface area contributed by atoms with E-state index < -0.39 is 42.8 Å². The molecule has 3 rings (SSSR count). The van der Waals surface area contributed by atoms with E-state index in [2.05, 4.69) is 31.2 Å². The number of aromatic nitrogens is 2. The zero-order valence-electron chi connectivity index (χ0n) is 19.5. The van der Waals surface area contributed by atoms with Gasteiger partial charge in [-0.15, -0.1) is 0 Å². The zero-order chi connectivity index (χ0) is 25.9. The molecule has 14 heteroatoms. The highest BCUT2D eigenvalue weighted by Gasteiger charge is 2.22. The van der Waals surface area contributed by atoms with Crippen molar-refractivity contribution in [3.8, 4) is 5.88 Å². The van der Waals surface area contributed by atoms with Gasteiger partial charge in [0.2, 0.25) is 11.8 Å². The summed E-state index contributed by atoms with van der Waals surface area (Å²) in [4.78, 5) is 54.6. The molecular weight excluding hydrogens is 474 g/mol. The minimum absolute atomic E-state index is 0.0505. The van der Waals surface area contributed by atoms with Gasteiger partial charge in [0.1, 0.15) is 19.2 Å². The Morgan fingerprint density at radius 1 is 1.22 bits per heavy atom. The van der Waals surface area contributed by atoms with Gasteiger partial charge in [0.05, 0.1) is 12.2 Å². The van der Waals surface area contributed by atoms with Crippen molar-refractivity contribution in [3.05, 3.63) is 52.1 Å². The van der Waals surface area contributed by atoms with Crippen molar-refractivity contribution in [1.29, 1.82) is 0 Å². The lowest BCUT2D eigenvalue weighted by Crippen LogP contribution is -2.49. The molecular formula is C22H29N7O7. The summed E-state index contributed by atoms with van der Waals surface area (Å²) >= 11 is 0. The third-order valence-electron chi connectivity index (χ3n) is 5.21. The summed E-state index contributed by atoms with van der Waals surface area (Å²) in [5.74, 6) is -1.77. The SMILES string of the molecule is O=C(Cn1c(O)c(CCCNC2=NCCN2)[nH]c1=O)NC[C@H](NC(=O)OCc1ccccc1)C(=O)O. The number of rotatable bonds is 12. The van der Waals surface area contributed by atoms with Crippen LogP contribution in [0.5, 0.6) is 5.88 Å². The highest BCUT2D eigenvalue weighted by Crippen LogP contribution is 2.14. The molecule has 0 radical (unpaired) electrons. The average Bonchev–Trinajstić information content (AvgIpc) is 3.47. The lowest BCUT2D eigenvalue weighted by Gasteiger charge is -2.15. The summed E-state index contributed by atoms with van der Waals surface area (Å²) in [7, 11) is 0. The number of alkyl carbamates (subject to hydrolysis) is 1. The Bertz CT molecular complexity index is 1140. The molecule has 2 amide bonds. The van der Waals surface area contributed by atoms with Crippen molar-refractivity contribution < 1.29 is 29.3 Å². The average molecular weight is 504 g/mol. The lowest BCUT2D eigenvalue weighted by molar-refractivity contribution is -0.139. The number of carbonyl (C=O) groups excluding carboxylic acids is 2. The highest BCUT2D eigenvalue weighted by molar-refractivity contribution is 5.82. The van der Waals surface area contributed by atoms with Gasteiger partial charge in [0.15, 0.2) is 5.96 Å². The Hall–Kier alpha value is -4.49. The number of benzene rings is 1. The summed E-state index contributed by atoms with van der Waals surface area (Å²) in [6.45, 7) is 1.02. The molecule has 0 saturated carbocycles. The summed E-state index contributed by atoms with van der Waals surface area (Å²) in [5.41, 5.74) is 0.326. The summed E-state index contributed by atoms with van der Waals surface area (Å²) in [5, 5.41) is 30.3. The predicted octanol–water partition coefficient (Wildman–Crippen LogP) is -1.14. The summed E-state index contributed by atoms with van der Waals surface area (Å²) < 4.78 is 5.84. The van der Waals surface area contributed by atoms with Gasteiger partial charge < -0.3 is 41.2 Å². The Morgan fingerprint density at radius 3 is 2.69 bits per heavy atom. The van der Waals surface area contributed by atoms with Gasteiger partial charge in [-0.3, -0.25) is 14.4 Å². The molecule has 0 unspecified atom stereocenters. The number of hydrogen-bond donors (Lipinski definition) is 7. The number of aliphatic imine (C=N–C) groups is 1. The Labute approximate surface area is 205 Å². The van der Waals surface area contributed by atoms with Gasteiger partial charge in [-0.25, -0.2) is 14.4 Å². The van der Waals surface area contributed by atoms with Gasteiger partial charge >= 0.3 is 17.8 Å². The second-order valence-corrected chi connectivity index (χ2v) is 7.91. The van der Waals surface area contributed by atoms with Crippen LogP contribution in [-0.2, 0) is 33.9 Å². The first-order chi connectivity index (χ1) is 17.3. The fourth-order valence-electron chi connectivity index (χ4n) is 3.34. The molecule has 7 N–H and O–H groups in total. The number of carbonyl (C=O) groups is 3. The van der Waals surface area contributed by atoms with E-state index in [1.165, 1.54) is 0 Å². The molecule has 0 aliphatic carbocycles. The van der Waals surface area contributed by atoms with E-state index in [0.29, 0.717) is 31.9 Å². The van der Waals surface area contributed by atoms with E-state index in [9.17, 15) is 29.4 Å². The van der Waals surface area contributed by atoms with Crippen LogP contribution < -0.4 is 27.0 Å². The van der Waals surface area contributed by atoms with Crippen molar-refractivity contribution in [3.63, 3.8) is 0 Å². The van der Waals surface area contributed by atoms with Gasteiger partial charge in [-0.1, -0.05) is 30.3 Å². The molecule has 1 aliphatic heterocycles. The van der Waals surface area contributed by atoms with Crippen LogP contribution in [-0.4, -0.2) is 75.9 Å². The Morgan fingerprint density at radius 2 is 2.00 bits per heavy atom. The van der Waals surface area contributed by atoms with Crippen LogP contribution in [0.1, 0.15) is 17.7 Å². The molecule has 2 aromatic rings. The maximum absolute atomic E-state index is 12.3. The molecule has 0 fully saturated rings. The third kappa shape index (κ3) is 7.78. The molecule has 194 valence electrons. The Balaban J connectivity index is 1.44. The topological polar surface area (TPSA) is 199 Å². The molecule has 1 atom stereocenters. The van der Waals surface area contributed by atoms with E-state index >= 15 is 0 Å². The van der Waals surface area contributed by atoms with Crippen molar-refractivity contribution in [2.75, 3.05) is 26.2 Å². The summed E-state index contributed by atoms with van der Waals surface area (Å²) in [6, 6.07) is 7.36. The van der Waals surface area contributed by atoms with E-state index in [1.807, 2.05) is 0 Å². The largest absolute Gasteiger partial charge is 0.493 e. The van der Waals surface area contributed by atoms with Crippen LogP contribution in [0, 0.1) is 0 Å². The first-order valence-corrected chi connectivity index (χ1v) is 11.3. The first-order valence-electron chi connectivity index (χ1n) is 11.3. The standard InChI is InChI=1S/C22H29N7O7/c30-17(26-11-16(19(32)33)28-22(35)36-13-14-5-2-1-3-6-14)12-29-18(31)15(27-21(29)34)7-4-8-23-20-24-9-10-25-20/h1-3,5-6,16,31H,4,7-13H2,(H,26,30)(H,27,34)(H,28,35)(H,32,33)(H2,23,24,25)/t16-/m0/s1. The first kappa shape index (κ1) is 26.1. The molecule has 0 saturated heterocycles. The monoisotopic (exact) mass is 503 g/mol. The van der Waals surface area contributed by atoms with Gasteiger partial charge in [0.25, 0.3) is 0 Å². The zero-order valence-corrected chi connectivity index (χ0v) is 19.5. The molecule has 2 heterocycles. The number of H-pyrrole nitrogens is 1. The molecule has 1 aromatic heterocycles. The minimum Gasteiger partial charge on any atom is -0.493 e. The maximum atomic E-state index is 12.3. The highest BCUT2D eigenvalue weighted by atomic mass is 16.5. The number of aromatic amines is 1. The second kappa shape index (κ2) is 12.8. The number of carboxylic acid groups (broad SMARTS) is 1. The third-order valence-corrected chi connectivity index (χ3v) is 5.21. The van der Waals surface area contributed by atoms with E-state index in [4.69, 9.17) is 4.74 Å². The van der Waals surface area contributed by atoms with Crippen LogP contribution in [0.4, 0.5) is 4.79 Å². The van der Waals surface area contributed by atoms with Crippen LogP contribution in [0.2, 0.25) is 0 Å². The number of imidazole rings is 1. The predicted molar refractivity (Wildman–Crippen MR) is 128 cm³/mol. The van der Waals surface area contributed by atoms with Gasteiger partial charge in [0, 0.05) is 19.6 Å². The maximum Gasteiger partial charge on any atom is 0.408 e. The number of amides is 2.